The Kier molecular flexibility index (Phi) is 7.85. The molecular weight excluding hydrogens is 653 g/mol. The molecule has 0 fully saturated rings. The Hall–Kier alpha value is -7.16. The second-order valence-electron chi connectivity index (χ2n) is 13.7. The summed E-state index contributed by atoms with van der Waals surface area (Å²) in [5.74, 6) is 0. The van der Waals surface area contributed by atoms with Crippen molar-refractivity contribution in [3.05, 3.63) is 218 Å². The predicted molar refractivity (Wildman–Crippen MR) is 229 cm³/mol. The normalized spacial score (nSPS) is 11.3. The van der Waals surface area contributed by atoms with Crippen LogP contribution in [0.2, 0.25) is 0 Å². The molecule has 10 rings (SSSR count). The molecule has 0 saturated carbocycles. The SMILES string of the molecule is c1ccc(-c2cccc(N(c3cccc(-c4cccc5ccccc45)c3)c3ccccc3-c3cccc4c3c3ccccc3n4-c3ccccc3)c2)cc1. The Labute approximate surface area is 315 Å². The molecule has 0 saturated heterocycles. The van der Waals surface area contributed by atoms with Crippen LogP contribution in [-0.2, 0) is 0 Å². The van der Waals surface area contributed by atoms with Crippen LogP contribution in [0.1, 0.15) is 0 Å². The minimum absolute atomic E-state index is 1.09. The van der Waals surface area contributed by atoms with Gasteiger partial charge >= 0.3 is 0 Å². The van der Waals surface area contributed by atoms with Crippen molar-refractivity contribution >= 4 is 49.6 Å². The summed E-state index contributed by atoms with van der Waals surface area (Å²) in [6, 6.07) is 78.9. The second kappa shape index (κ2) is 13.4. The Balaban J connectivity index is 1.22. The quantitative estimate of drug-likeness (QED) is 0.162. The van der Waals surface area contributed by atoms with E-state index in [1.807, 2.05) is 0 Å². The number of fused-ring (bicyclic) bond motifs is 4. The lowest BCUT2D eigenvalue weighted by Crippen LogP contribution is -2.11. The highest BCUT2D eigenvalue weighted by Gasteiger charge is 2.22. The molecule has 10 aromatic rings. The minimum atomic E-state index is 1.09. The number of nitrogens with zero attached hydrogens (tertiary/aromatic N) is 2. The van der Waals surface area contributed by atoms with E-state index in [1.54, 1.807) is 0 Å². The molecule has 54 heavy (non-hydrogen) atoms. The molecule has 0 bridgehead atoms. The third-order valence-electron chi connectivity index (χ3n) is 10.6. The van der Waals surface area contributed by atoms with Crippen LogP contribution >= 0.6 is 0 Å². The van der Waals surface area contributed by atoms with Crippen LogP contribution in [0.4, 0.5) is 17.1 Å². The smallest absolute Gasteiger partial charge is 0.0547 e. The molecule has 0 aliphatic heterocycles. The molecule has 2 nitrogen and oxygen atoms in total. The van der Waals surface area contributed by atoms with Gasteiger partial charge in [0, 0.05) is 33.4 Å². The molecule has 1 aromatic heterocycles. The number of benzene rings is 9. The Morgan fingerprint density at radius 2 is 0.870 bits per heavy atom. The monoisotopic (exact) mass is 688 g/mol. The predicted octanol–water partition coefficient (Wildman–Crippen LogP) is 14.4. The maximum absolute atomic E-state index is 2.44. The van der Waals surface area contributed by atoms with E-state index in [-0.39, 0.29) is 0 Å². The zero-order chi connectivity index (χ0) is 35.8. The Morgan fingerprint density at radius 3 is 1.70 bits per heavy atom. The highest BCUT2D eigenvalue weighted by Crippen LogP contribution is 2.46. The van der Waals surface area contributed by atoms with Crippen LogP contribution in [0.5, 0.6) is 0 Å². The first-order valence-electron chi connectivity index (χ1n) is 18.5. The van der Waals surface area contributed by atoms with Gasteiger partial charge in [0.1, 0.15) is 0 Å². The van der Waals surface area contributed by atoms with Gasteiger partial charge in [0.15, 0.2) is 0 Å². The van der Waals surface area contributed by atoms with Crippen molar-refractivity contribution in [3.8, 4) is 39.1 Å². The fourth-order valence-electron chi connectivity index (χ4n) is 8.17. The molecule has 1 heterocycles. The first-order valence-corrected chi connectivity index (χ1v) is 18.5. The Bertz CT molecular complexity index is 2930. The number of para-hydroxylation sites is 3. The topological polar surface area (TPSA) is 8.17 Å². The van der Waals surface area contributed by atoms with Gasteiger partial charge in [0.2, 0.25) is 0 Å². The maximum atomic E-state index is 2.44. The molecular formula is C52H36N2. The summed E-state index contributed by atoms with van der Waals surface area (Å²) in [5, 5.41) is 4.96. The van der Waals surface area contributed by atoms with Crippen LogP contribution in [0.3, 0.4) is 0 Å². The molecule has 0 aliphatic carbocycles. The van der Waals surface area contributed by atoms with Gasteiger partial charge in [-0.15, -0.1) is 0 Å². The zero-order valence-corrected chi connectivity index (χ0v) is 29.7. The van der Waals surface area contributed by atoms with Crippen molar-refractivity contribution in [3.63, 3.8) is 0 Å². The number of anilines is 3. The maximum Gasteiger partial charge on any atom is 0.0547 e. The molecule has 0 spiro atoms. The van der Waals surface area contributed by atoms with Gasteiger partial charge in [0.05, 0.1) is 16.7 Å². The highest BCUT2D eigenvalue weighted by molar-refractivity contribution is 6.17. The average Bonchev–Trinajstić information content (AvgIpc) is 3.59. The fourth-order valence-corrected chi connectivity index (χ4v) is 8.17. The summed E-state index contributed by atoms with van der Waals surface area (Å²) in [7, 11) is 0. The first kappa shape index (κ1) is 31.6. The van der Waals surface area contributed by atoms with E-state index in [0.717, 1.165) is 22.7 Å². The van der Waals surface area contributed by atoms with E-state index in [2.05, 4.69) is 228 Å². The first-order chi connectivity index (χ1) is 26.8. The number of rotatable bonds is 7. The molecule has 0 unspecified atom stereocenters. The highest BCUT2D eigenvalue weighted by atomic mass is 15.1. The van der Waals surface area contributed by atoms with E-state index < -0.39 is 0 Å². The lowest BCUT2D eigenvalue weighted by atomic mass is 9.95. The minimum Gasteiger partial charge on any atom is -0.310 e. The molecule has 0 N–H and O–H groups in total. The van der Waals surface area contributed by atoms with Crippen molar-refractivity contribution in [2.75, 3.05) is 4.90 Å². The van der Waals surface area contributed by atoms with Crippen molar-refractivity contribution in [1.29, 1.82) is 0 Å². The second-order valence-corrected chi connectivity index (χ2v) is 13.7. The van der Waals surface area contributed by atoms with E-state index in [9.17, 15) is 0 Å². The van der Waals surface area contributed by atoms with Crippen molar-refractivity contribution in [2.45, 2.75) is 0 Å². The molecule has 0 aliphatic rings. The zero-order valence-electron chi connectivity index (χ0n) is 29.7. The summed E-state index contributed by atoms with van der Waals surface area (Å²) in [6.45, 7) is 0. The lowest BCUT2D eigenvalue weighted by molar-refractivity contribution is 1.18. The Morgan fingerprint density at radius 1 is 0.333 bits per heavy atom. The van der Waals surface area contributed by atoms with E-state index in [4.69, 9.17) is 0 Å². The standard InChI is InChI=1S/C52H36N2/c1-3-17-37(18-4-1)39-21-13-25-42(35-39)53(43-26-14-22-40(36-43)45-30-15-20-38-19-7-8-27-44(38)45)49-32-11-9-28-46(49)47-31-16-34-51-52(47)48-29-10-12-33-50(48)54(51)41-23-5-2-6-24-41/h1-36H. The largest absolute Gasteiger partial charge is 0.310 e. The molecule has 9 aromatic carbocycles. The number of hydrogen-bond donors (Lipinski definition) is 0. The van der Waals surface area contributed by atoms with Gasteiger partial charge in [-0.25, -0.2) is 0 Å². The van der Waals surface area contributed by atoms with Crippen LogP contribution < -0.4 is 4.90 Å². The molecule has 0 radical (unpaired) electrons. The van der Waals surface area contributed by atoms with Gasteiger partial charge < -0.3 is 9.47 Å². The van der Waals surface area contributed by atoms with E-state index >= 15 is 0 Å². The van der Waals surface area contributed by atoms with E-state index in [1.165, 1.54) is 66.0 Å². The third kappa shape index (κ3) is 5.44. The molecule has 0 amide bonds. The average molecular weight is 689 g/mol. The van der Waals surface area contributed by atoms with Crippen LogP contribution in [0, 0.1) is 0 Å². The molecule has 2 heteroatoms. The summed E-state index contributed by atoms with van der Waals surface area (Å²) < 4.78 is 2.39. The summed E-state index contributed by atoms with van der Waals surface area (Å²) in [5.41, 5.74) is 14.0. The lowest BCUT2D eigenvalue weighted by Gasteiger charge is -2.29. The van der Waals surface area contributed by atoms with Gasteiger partial charge in [-0.3, -0.25) is 0 Å². The van der Waals surface area contributed by atoms with Crippen molar-refractivity contribution in [2.24, 2.45) is 0 Å². The number of aromatic nitrogens is 1. The molecule has 0 atom stereocenters. The third-order valence-corrected chi connectivity index (χ3v) is 10.6. The van der Waals surface area contributed by atoms with Gasteiger partial charge in [-0.05, 0) is 93.2 Å². The van der Waals surface area contributed by atoms with Crippen molar-refractivity contribution < 1.29 is 0 Å². The summed E-state index contributed by atoms with van der Waals surface area (Å²) >= 11 is 0. The number of hydrogen-bond acceptors (Lipinski definition) is 1. The van der Waals surface area contributed by atoms with Gasteiger partial charge in [-0.1, -0.05) is 164 Å². The van der Waals surface area contributed by atoms with Crippen LogP contribution in [0.25, 0.3) is 71.6 Å². The fraction of sp³-hybridized carbons (Fsp3) is 0. The van der Waals surface area contributed by atoms with Crippen LogP contribution in [0.15, 0.2) is 218 Å². The van der Waals surface area contributed by atoms with Crippen LogP contribution in [-0.4, -0.2) is 4.57 Å². The summed E-state index contributed by atoms with van der Waals surface area (Å²) in [4.78, 5) is 2.44. The van der Waals surface area contributed by atoms with Gasteiger partial charge in [0.25, 0.3) is 0 Å². The van der Waals surface area contributed by atoms with Gasteiger partial charge in [-0.2, -0.15) is 0 Å². The van der Waals surface area contributed by atoms with Crippen molar-refractivity contribution in [1.82, 2.24) is 4.57 Å². The molecule has 254 valence electrons. The van der Waals surface area contributed by atoms with E-state index in [0.29, 0.717) is 0 Å². The summed E-state index contributed by atoms with van der Waals surface area (Å²) in [6.07, 6.45) is 0.